The van der Waals surface area contributed by atoms with Gasteiger partial charge in [0.25, 0.3) is 0 Å². The van der Waals surface area contributed by atoms with Gasteiger partial charge in [-0.2, -0.15) is 0 Å². The molecule has 0 radical (unpaired) electrons. The lowest BCUT2D eigenvalue weighted by atomic mass is 10.0. The van der Waals surface area contributed by atoms with Crippen LogP contribution < -0.4 is 5.32 Å². The topological polar surface area (TPSA) is 18.5 Å². The third-order valence-electron chi connectivity index (χ3n) is 4.58. The quantitative estimate of drug-likeness (QED) is 0.788. The van der Waals surface area contributed by atoms with Crippen molar-refractivity contribution in [2.45, 2.75) is 57.7 Å². The van der Waals surface area contributed by atoms with E-state index in [1.54, 1.807) is 0 Å². The third kappa shape index (κ3) is 3.01. The second-order valence-corrected chi connectivity index (χ2v) is 6.59. The van der Waals surface area contributed by atoms with E-state index in [9.17, 15) is 0 Å². The van der Waals surface area contributed by atoms with Gasteiger partial charge in [-0.1, -0.05) is 6.42 Å². The van der Waals surface area contributed by atoms with Crippen LogP contribution in [0.5, 0.6) is 0 Å². The van der Waals surface area contributed by atoms with Crippen molar-refractivity contribution >= 4 is 0 Å². The molecule has 0 aromatic rings. The van der Waals surface area contributed by atoms with Gasteiger partial charge in [-0.15, -0.1) is 0 Å². The van der Waals surface area contributed by atoms with Crippen LogP contribution >= 0.6 is 0 Å². The molecular formula is C14H29N3. The fourth-order valence-corrected chi connectivity index (χ4v) is 3.44. The van der Waals surface area contributed by atoms with E-state index in [4.69, 9.17) is 0 Å². The molecule has 3 nitrogen and oxygen atoms in total. The second-order valence-electron chi connectivity index (χ2n) is 6.59. The van der Waals surface area contributed by atoms with Crippen LogP contribution in [0, 0.1) is 0 Å². The Morgan fingerprint density at radius 2 is 1.65 bits per heavy atom. The molecule has 1 heterocycles. The van der Waals surface area contributed by atoms with E-state index in [-0.39, 0.29) is 0 Å². The van der Waals surface area contributed by atoms with Crippen molar-refractivity contribution in [2.75, 3.05) is 33.2 Å². The van der Waals surface area contributed by atoms with Crippen LogP contribution in [0.2, 0.25) is 0 Å². The fourth-order valence-electron chi connectivity index (χ4n) is 3.44. The van der Waals surface area contributed by atoms with E-state index < -0.39 is 0 Å². The van der Waals surface area contributed by atoms with Crippen molar-refractivity contribution in [3.05, 3.63) is 0 Å². The monoisotopic (exact) mass is 239 g/mol. The van der Waals surface area contributed by atoms with Gasteiger partial charge in [0.05, 0.1) is 0 Å². The molecule has 1 saturated heterocycles. The number of hydrogen-bond acceptors (Lipinski definition) is 3. The first kappa shape index (κ1) is 13.3. The molecule has 0 amide bonds. The summed E-state index contributed by atoms with van der Waals surface area (Å²) in [5.74, 6) is 0. The second kappa shape index (κ2) is 5.25. The summed E-state index contributed by atoms with van der Waals surface area (Å²) in [6.45, 7) is 11.9. The van der Waals surface area contributed by atoms with Gasteiger partial charge in [0.2, 0.25) is 0 Å². The van der Waals surface area contributed by atoms with Crippen LogP contribution in [-0.2, 0) is 0 Å². The van der Waals surface area contributed by atoms with Crippen LogP contribution in [0.4, 0.5) is 0 Å². The smallest absolute Gasteiger partial charge is 0.0250 e. The zero-order chi connectivity index (χ0) is 12.5. The molecule has 17 heavy (non-hydrogen) atoms. The maximum absolute atomic E-state index is 3.50. The van der Waals surface area contributed by atoms with E-state index in [2.05, 4.69) is 42.9 Å². The zero-order valence-electron chi connectivity index (χ0n) is 12.0. The molecule has 0 aromatic heterocycles. The van der Waals surface area contributed by atoms with E-state index in [1.807, 2.05) is 0 Å². The number of hydrogen-bond donors (Lipinski definition) is 1. The SMILES string of the molecule is CNC1CCCC1N1CCN(C(C)(C)C)CC1. The van der Waals surface area contributed by atoms with Gasteiger partial charge in [0.15, 0.2) is 0 Å². The molecule has 2 aliphatic rings. The molecule has 1 saturated carbocycles. The predicted octanol–water partition coefficient (Wildman–Crippen LogP) is 1.54. The van der Waals surface area contributed by atoms with Crippen molar-refractivity contribution in [3.8, 4) is 0 Å². The number of piperazine rings is 1. The van der Waals surface area contributed by atoms with Gasteiger partial charge in [-0.3, -0.25) is 9.80 Å². The Morgan fingerprint density at radius 1 is 1.00 bits per heavy atom. The highest BCUT2D eigenvalue weighted by Gasteiger charge is 2.34. The van der Waals surface area contributed by atoms with Crippen LogP contribution in [-0.4, -0.2) is 60.6 Å². The Hall–Kier alpha value is -0.120. The summed E-state index contributed by atoms with van der Waals surface area (Å²) in [5.41, 5.74) is 0.337. The number of likely N-dealkylation sites (N-methyl/N-ethyl adjacent to an activating group) is 1. The lowest BCUT2D eigenvalue weighted by molar-refractivity contribution is 0.0380. The van der Waals surface area contributed by atoms with E-state index >= 15 is 0 Å². The molecule has 1 N–H and O–H groups in total. The molecule has 0 aromatic carbocycles. The van der Waals surface area contributed by atoms with E-state index in [1.165, 1.54) is 45.4 Å². The highest BCUT2D eigenvalue weighted by atomic mass is 15.3. The number of rotatable bonds is 2. The molecule has 1 aliphatic heterocycles. The van der Waals surface area contributed by atoms with Crippen LogP contribution in [0.3, 0.4) is 0 Å². The summed E-state index contributed by atoms with van der Waals surface area (Å²) in [5, 5.41) is 3.50. The Kier molecular flexibility index (Phi) is 4.11. The maximum atomic E-state index is 3.50. The molecule has 2 unspecified atom stereocenters. The maximum Gasteiger partial charge on any atom is 0.0250 e. The molecule has 100 valence electrons. The van der Waals surface area contributed by atoms with E-state index in [0.717, 1.165) is 12.1 Å². The Bertz CT molecular complexity index is 238. The molecule has 3 heteroatoms. The third-order valence-corrected chi connectivity index (χ3v) is 4.58. The largest absolute Gasteiger partial charge is 0.315 e. The number of nitrogens with one attached hydrogen (secondary N) is 1. The summed E-state index contributed by atoms with van der Waals surface area (Å²) in [7, 11) is 2.12. The normalized spacial score (nSPS) is 33.2. The van der Waals surface area contributed by atoms with Gasteiger partial charge in [-0.05, 0) is 40.7 Å². The average Bonchev–Trinajstić information content (AvgIpc) is 2.76. The van der Waals surface area contributed by atoms with Gasteiger partial charge in [0, 0.05) is 43.8 Å². The van der Waals surface area contributed by atoms with E-state index in [0.29, 0.717) is 5.54 Å². The van der Waals surface area contributed by atoms with Crippen molar-refractivity contribution in [1.82, 2.24) is 15.1 Å². The van der Waals surface area contributed by atoms with Gasteiger partial charge in [-0.25, -0.2) is 0 Å². The van der Waals surface area contributed by atoms with Crippen molar-refractivity contribution in [3.63, 3.8) is 0 Å². The summed E-state index contributed by atoms with van der Waals surface area (Å²) in [6.07, 6.45) is 4.15. The molecule has 2 rings (SSSR count). The standard InChI is InChI=1S/C14H29N3/c1-14(2,3)17-10-8-16(9-11-17)13-7-5-6-12(13)15-4/h12-13,15H,5-11H2,1-4H3. The van der Waals surface area contributed by atoms with Crippen LogP contribution in [0.1, 0.15) is 40.0 Å². The minimum atomic E-state index is 0.337. The fraction of sp³-hybridized carbons (Fsp3) is 1.00. The average molecular weight is 239 g/mol. The molecule has 2 atom stereocenters. The van der Waals surface area contributed by atoms with Crippen molar-refractivity contribution < 1.29 is 0 Å². The Labute approximate surface area is 107 Å². The van der Waals surface area contributed by atoms with Crippen molar-refractivity contribution in [1.29, 1.82) is 0 Å². The first-order valence-electron chi connectivity index (χ1n) is 7.19. The van der Waals surface area contributed by atoms with Gasteiger partial charge < -0.3 is 5.32 Å². The number of nitrogens with zero attached hydrogens (tertiary/aromatic N) is 2. The van der Waals surface area contributed by atoms with Gasteiger partial charge in [0.1, 0.15) is 0 Å². The Morgan fingerprint density at radius 3 is 2.18 bits per heavy atom. The first-order valence-corrected chi connectivity index (χ1v) is 7.19. The van der Waals surface area contributed by atoms with Crippen molar-refractivity contribution in [2.24, 2.45) is 0 Å². The van der Waals surface area contributed by atoms with Crippen LogP contribution in [0.15, 0.2) is 0 Å². The van der Waals surface area contributed by atoms with Crippen LogP contribution in [0.25, 0.3) is 0 Å². The minimum Gasteiger partial charge on any atom is -0.315 e. The summed E-state index contributed by atoms with van der Waals surface area (Å²) in [6, 6.07) is 1.53. The lowest BCUT2D eigenvalue weighted by Crippen LogP contribution is -2.57. The highest BCUT2D eigenvalue weighted by Crippen LogP contribution is 2.26. The highest BCUT2D eigenvalue weighted by molar-refractivity contribution is 4.92. The lowest BCUT2D eigenvalue weighted by Gasteiger charge is -2.45. The minimum absolute atomic E-state index is 0.337. The molecule has 1 aliphatic carbocycles. The summed E-state index contributed by atoms with van der Waals surface area (Å²) in [4.78, 5) is 5.34. The molecule has 0 spiro atoms. The van der Waals surface area contributed by atoms with Gasteiger partial charge >= 0.3 is 0 Å². The summed E-state index contributed by atoms with van der Waals surface area (Å²) < 4.78 is 0. The molecular weight excluding hydrogens is 210 g/mol. The molecule has 0 bridgehead atoms. The first-order chi connectivity index (χ1) is 8.02. The summed E-state index contributed by atoms with van der Waals surface area (Å²) >= 11 is 0. The predicted molar refractivity (Wildman–Crippen MR) is 73.4 cm³/mol. The zero-order valence-corrected chi connectivity index (χ0v) is 12.0. The Balaban J connectivity index is 1.86. The molecule has 2 fully saturated rings.